The normalized spacial score (nSPS) is 11.4. The Morgan fingerprint density at radius 2 is 1.88 bits per heavy atom. The van der Waals surface area contributed by atoms with E-state index in [0.29, 0.717) is 23.8 Å². The molecular formula is C16H8BrF4N3O2. The molecule has 3 aromatic rings. The summed E-state index contributed by atoms with van der Waals surface area (Å²) in [5, 5.41) is 9.49. The zero-order valence-electron chi connectivity index (χ0n) is 12.6. The number of nitrogens with zero attached hydrogens (tertiary/aromatic N) is 2. The van der Waals surface area contributed by atoms with E-state index >= 15 is 0 Å². The fourth-order valence-electron chi connectivity index (χ4n) is 2.07. The minimum Gasteiger partial charge on any atom is -0.403 e. The van der Waals surface area contributed by atoms with Gasteiger partial charge >= 0.3 is 12.2 Å². The Hall–Kier alpha value is -2.75. The van der Waals surface area contributed by atoms with Crippen LogP contribution in [0.5, 0.6) is 0 Å². The van der Waals surface area contributed by atoms with Crippen molar-refractivity contribution >= 4 is 27.9 Å². The molecule has 0 radical (unpaired) electrons. The van der Waals surface area contributed by atoms with Gasteiger partial charge in [0.15, 0.2) is 0 Å². The topological polar surface area (TPSA) is 68.0 Å². The number of carbonyl (C=O) groups excluding carboxylic acids is 1. The zero-order valence-corrected chi connectivity index (χ0v) is 14.2. The molecule has 10 heteroatoms. The SMILES string of the molecule is O=C(Nc1nnc(-c2cccc(Br)c2)o1)c1cc(F)cc(C(F)(F)F)c1. The fraction of sp³-hybridized carbons (Fsp3) is 0.0625. The highest BCUT2D eigenvalue weighted by molar-refractivity contribution is 9.10. The van der Waals surface area contributed by atoms with Gasteiger partial charge in [0, 0.05) is 15.6 Å². The lowest BCUT2D eigenvalue weighted by Gasteiger charge is -2.08. The first-order chi connectivity index (χ1) is 12.2. The minimum absolute atomic E-state index is 0.0943. The number of halogens is 5. The third-order valence-electron chi connectivity index (χ3n) is 3.20. The van der Waals surface area contributed by atoms with Gasteiger partial charge < -0.3 is 4.42 Å². The summed E-state index contributed by atoms with van der Waals surface area (Å²) in [4.78, 5) is 12.1. The highest BCUT2D eigenvalue weighted by Gasteiger charge is 2.32. The van der Waals surface area contributed by atoms with Gasteiger partial charge in [0.25, 0.3) is 5.91 Å². The Labute approximate surface area is 152 Å². The van der Waals surface area contributed by atoms with Crippen molar-refractivity contribution in [1.82, 2.24) is 10.2 Å². The molecule has 5 nitrogen and oxygen atoms in total. The second-order valence-corrected chi connectivity index (χ2v) is 6.02. The predicted molar refractivity (Wildman–Crippen MR) is 86.8 cm³/mol. The number of benzene rings is 2. The van der Waals surface area contributed by atoms with Crippen molar-refractivity contribution in [3.05, 3.63) is 63.9 Å². The van der Waals surface area contributed by atoms with E-state index in [1.54, 1.807) is 24.3 Å². The predicted octanol–water partition coefficient (Wildman–Crippen LogP) is 4.91. The molecule has 0 fully saturated rings. The van der Waals surface area contributed by atoms with Gasteiger partial charge in [-0.15, -0.1) is 5.10 Å². The maximum atomic E-state index is 13.4. The van der Waals surface area contributed by atoms with Crippen LogP contribution in [0.4, 0.5) is 23.6 Å². The van der Waals surface area contributed by atoms with E-state index in [-0.39, 0.29) is 11.9 Å². The number of amides is 1. The van der Waals surface area contributed by atoms with Crippen LogP contribution >= 0.6 is 15.9 Å². The number of hydrogen-bond donors (Lipinski definition) is 1. The number of aromatic nitrogens is 2. The lowest BCUT2D eigenvalue weighted by Crippen LogP contribution is -2.15. The molecule has 1 heterocycles. The smallest absolute Gasteiger partial charge is 0.403 e. The minimum atomic E-state index is -4.78. The molecule has 3 rings (SSSR count). The summed E-state index contributed by atoms with van der Waals surface area (Å²) in [6.07, 6.45) is -4.78. The molecule has 1 N–H and O–H groups in total. The molecule has 0 unspecified atom stereocenters. The van der Waals surface area contributed by atoms with Crippen LogP contribution in [0.25, 0.3) is 11.5 Å². The standard InChI is InChI=1S/C16H8BrF4N3O2/c17-11-3-1-2-8(5-11)14-23-24-15(26-14)22-13(25)9-4-10(16(19,20)21)7-12(18)6-9/h1-7H,(H,22,24,25). The molecule has 0 saturated heterocycles. The van der Waals surface area contributed by atoms with E-state index in [1.807, 2.05) is 0 Å². The molecule has 0 aliphatic heterocycles. The molecule has 0 saturated carbocycles. The lowest BCUT2D eigenvalue weighted by molar-refractivity contribution is -0.137. The van der Waals surface area contributed by atoms with Crippen molar-refractivity contribution in [3.8, 4) is 11.5 Å². The Bertz CT molecular complexity index is 972. The van der Waals surface area contributed by atoms with Crippen LogP contribution in [0, 0.1) is 5.82 Å². The summed E-state index contributed by atoms with van der Waals surface area (Å²) < 4.78 is 57.6. The first-order valence-corrected chi connectivity index (χ1v) is 7.80. The van der Waals surface area contributed by atoms with Crippen molar-refractivity contribution in [2.24, 2.45) is 0 Å². The van der Waals surface area contributed by atoms with Crippen molar-refractivity contribution in [1.29, 1.82) is 0 Å². The summed E-state index contributed by atoms with van der Waals surface area (Å²) in [5.74, 6) is -2.11. The number of anilines is 1. The van der Waals surface area contributed by atoms with Crippen LogP contribution in [-0.2, 0) is 6.18 Å². The summed E-state index contributed by atoms with van der Waals surface area (Å²) in [6.45, 7) is 0. The molecule has 0 bridgehead atoms. The largest absolute Gasteiger partial charge is 0.416 e. The van der Waals surface area contributed by atoms with E-state index in [0.717, 1.165) is 4.47 Å². The third kappa shape index (κ3) is 4.07. The maximum absolute atomic E-state index is 13.4. The second kappa shape index (κ2) is 6.87. The molecule has 0 atom stereocenters. The number of nitrogens with one attached hydrogen (secondary N) is 1. The molecule has 1 amide bonds. The van der Waals surface area contributed by atoms with E-state index < -0.39 is 29.0 Å². The molecule has 2 aromatic carbocycles. The number of alkyl halides is 3. The van der Waals surface area contributed by atoms with Gasteiger partial charge in [-0.2, -0.15) is 13.2 Å². The quantitative estimate of drug-likeness (QED) is 0.600. The Morgan fingerprint density at radius 1 is 1.12 bits per heavy atom. The van der Waals surface area contributed by atoms with Gasteiger partial charge in [-0.05, 0) is 36.4 Å². The van der Waals surface area contributed by atoms with E-state index in [1.165, 1.54) is 0 Å². The molecular weight excluding hydrogens is 422 g/mol. The monoisotopic (exact) mass is 429 g/mol. The summed E-state index contributed by atoms with van der Waals surface area (Å²) in [6, 6.07) is 8.07. The summed E-state index contributed by atoms with van der Waals surface area (Å²) in [5.41, 5.74) is -1.24. The molecule has 134 valence electrons. The van der Waals surface area contributed by atoms with Crippen molar-refractivity contribution in [3.63, 3.8) is 0 Å². The van der Waals surface area contributed by atoms with Gasteiger partial charge in [0.05, 0.1) is 5.56 Å². The first-order valence-electron chi connectivity index (χ1n) is 7.01. The number of rotatable bonds is 3. The highest BCUT2D eigenvalue weighted by Crippen LogP contribution is 2.30. The Kier molecular flexibility index (Phi) is 4.77. The molecule has 26 heavy (non-hydrogen) atoms. The van der Waals surface area contributed by atoms with Gasteiger partial charge in [-0.25, -0.2) is 4.39 Å². The summed E-state index contributed by atoms with van der Waals surface area (Å²) >= 11 is 3.28. The first kappa shape index (κ1) is 18.1. The van der Waals surface area contributed by atoms with Crippen LogP contribution in [0.3, 0.4) is 0 Å². The molecule has 0 spiro atoms. The third-order valence-corrected chi connectivity index (χ3v) is 3.70. The van der Waals surface area contributed by atoms with Crippen molar-refractivity contribution < 1.29 is 26.8 Å². The number of hydrogen-bond acceptors (Lipinski definition) is 4. The Morgan fingerprint density at radius 3 is 2.58 bits per heavy atom. The van der Waals surface area contributed by atoms with E-state index in [2.05, 4.69) is 31.4 Å². The summed E-state index contributed by atoms with van der Waals surface area (Å²) in [7, 11) is 0. The number of carbonyl (C=O) groups is 1. The average molecular weight is 430 g/mol. The van der Waals surface area contributed by atoms with E-state index in [9.17, 15) is 22.4 Å². The maximum Gasteiger partial charge on any atom is 0.416 e. The Balaban J connectivity index is 1.82. The van der Waals surface area contributed by atoms with Crippen LogP contribution < -0.4 is 5.32 Å². The van der Waals surface area contributed by atoms with Crippen LogP contribution in [-0.4, -0.2) is 16.1 Å². The lowest BCUT2D eigenvalue weighted by atomic mass is 10.1. The van der Waals surface area contributed by atoms with Crippen LogP contribution in [0.15, 0.2) is 51.4 Å². The average Bonchev–Trinajstić information content (AvgIpc) is 3.02. The van der Waals surface area contributed by atoms with Crippen LogP contribution in [0.2, 0.25) is 0 Å². The molecule has 0 aliphatic carbocycles. The zero-order chi connectivity index (χ0) is 18.9. The highest BCUT2D eigenvalue weighted by atomic mass is 79.9. The van der Waals surface area contributed by atoms with Gasteiger partial charge in [-0.3, -0.25) is 10.1 Å². The molecule has 1 aromatic heterocycles. The second-order valence-electron chi connectivity index (χ2n) is 5.10. The molecule has 0 aliphatic rings. The van der Waals surface area contributed by atoms with Gasteiger partial charge in [0.2, 0.25) is 5.89 Å². The van der Waals surface area contributed by atoms with Gasteiger partial charge in [0.1, 0.15) is 5.82 Å². The fourth-order valence-corrected chi connectivity index (χ4v) is 2.46. The van der Waals surface area contributed by atoms with Crippen molar-refractivity contribution in [2.45, 2.75) is 6.18 Å². The van der Waals surface area contributed by atoms with Crippen LogP contribution in [0.1, 0.15) is 15.9 Å². The van der Waals surface area contributed by atoms with Gasteiger partial charge in [-0.1, -0.05) is 27.1 Å². The van der Waals surface area contributed by atoms with E-state index in [4.69, 9.17) is 4.42 Å². The van der Waals surface area contributed by atoms with Crippen molar-refractivity contribution in [2.75, 3.05) is 5.32 Å².